The first-order valence-corrected chi connectivity index (χ1v) is 6.66. The molecule has 0 aliphatic carbocycles. The van der Waals surface area contributed by atoms with Crippen LogP contribution in [-0.2, 0) is 6.61 Å². The molecule has 0 fully saturated rings. The third kappa shape index (κ3) is 3.10. The molecule has 2 aromatic rings. The number of halogens is 1. The van der Waals surface area contributed by atoms with Gasteiger partial charge >= 0.3 is 0 Å². The van der Waals surface area contributed by atoms with Crippen molar-refractivity contribution in [2.45, 2.75) is 27.4 Å². The van der Waals surface area contributed by atoms with E-state index in [4.69, 9.17) is 4.74 Å². The van der Waals surface area contributed by atoms with Crippen LogP contribution in [0.2, 0.25) is 0 Å². The predicted molar refractivity (Wildman–Crippen MR) is 76.9 cm³/mol. The maximum atomic E-state index is 5.85. The van der Waals surface area contributed by atoms with Gasteiger partial charge in [0, 0.05) is 10.7 Å². The van der Waals surface area contributed by atoms with Crippen LogP contribution in [0.1, 0.15) is 22.4 Å². The van der Waals surface area contributed by atoms with Crippen molar-refractivity contribution in [1.29, 1.82) is 0 Å². The molecule has 1 aromatic heterocycles. The van der Waals surface area contributed by atoms with Crippen LogP contribution in [0.15, 0.2) is 34.9 Å². The van der Waals surface area contributed by atoms with E-state index in [1.165, 1.54) is 16.7 Å². The fraction of sp³-hybridized carbons (Fsp3) is 0.267. The molecule has 18 heavy (non-hydrogen) atoms. The molecule has 0 N–H and O–H groups in total. The maximum Gasteiger partial charge on any atom is 0.130 e. The minimum atomic E-state index is 0.497. The second kappa shape index (κ2) is 5.53. The lowest BCUT2D eigenvalue weighted by atomic mass is 10.1. The Morgan fingerprint density at radius 2 is 1.94 bits per heavy atom. The molecule has 2 nitrogen and oxygen atoms in total. The Kier molecular flexibility index (Phi) is 4.02. The van der Waals surface area contributed by atoms with Crippen LogP contribution >= 0.6 is 15.9 Å². The average Bonchev–Trinajstić information content (AvgIpc) is 2.34. The van der Waals surface area contributed by atoms with Gasteiger partial charge < -0.3 is 4.74 Å². The lowest BCUT2D eigenvalue weighted by Gasteiger charge is -2.12. The number of nitrogens with zero attached hydrogens (tertiary/aromatic N) is 1. The van der Waals surface area contributed by atoms with Crippen LogP contribution < -0.4 is 4.74 Å². The van der Waals surface area contributed by atoms with Crippen molar-refractivity contribution >= 4 is 15.9 Å². The second-order valence-electron chi connectivity index (χ2n) is 4.46. The summed E-state index contributed by atoms with van der Waals surface area (Å²) in [6, 6.07) is 8.17. The van der Waals surface area contributed by atoms with Gasteiger partial charge in [-0.2, -0.15) is 0 Å². The molecule has 3 heteroatoms. The Hall–Kier alpha value is -1.35. The highest BCUT2D eigenvalue weighted by Crippen LogP contribution is 2.24. The van der Waals surface area contributed by atoms with Gasteiger partial charge in [-0.25, -0.2) is 0 Å². The number of rotatable bonds is 3. The zero-order chi connectivity index (χ0) is 13.1. The van der Waals surface area contributed by atoms with E-state index in [1.807, 2.05) is 12.1 Å². The van der Waals surface area contributed by atoms with Gasteiger partial charge in [-0.1, -0.05) is 6.07 Å². The standard InChI is InChI=1S/C15H16BrNO/c1-10-6-11(2)12(3)15(7-10)18-9-14-5-4-13(16)8-17-14/h4-8H,9H2,1-3H3. The van der Waals surface area contributed by atoms with Gasteiger partial charge in [0.05, 0.1) is 5.69 Å². The minimum absolute atomic E-state index is 0.497. The molecular weight excluding hydrogens is 290 g/mol. The Labute approximate surface area is 116 Å². The van der Waals surface area contributed by atoms with Crippen molar-refractivity contribution in [3.63, 3.8) is 0 Å². The van der Waals surface area contributed by atoms with Gasteiger partial charge in [0.2, 0.25) is 0 Å². The van der Waals surface area contributed by atoms with Gasteiger partial charge in [-0.3, -0.25) is 4.98 Å². The minimum Gasteiger partial charge on any atom is -0.487 e. The zero-order valence-corrected chi connectivity index (χ0v) is 12.4. The molecule has 0 amide bonds. The van der Waals surface area contributed by atoms with Crippen molar-refractivity contribution in [3.05, 3.63) is 57.3 Å². The fourth-order valence-corrected chi connectivity index (χ4v) is 2.03. The number of benzene rings is 1. The van der Waals surface area contributed by atoms with Crippen LogP contribution in [0.25, 0.3) is 0 Å². The van der Waals surface area contributed by atoms with Crippen molar-refractivity contribution in [3.8, 4) is 5.75 Å². The Morgan fingerprint density at radius 1 is 1.17 bits per heavy atom. The lowest BCUT2D eigenvalue weighted by Crippen LogP contribution is -2.00. The molecule has 0 saturated heterocycles. The highest BCUT2D eigenvalue weighted by atomic mass is 79.9. The molecule has 0 atom stereocenters. The molecule has 2 rings (SSSR count). The Balaban J connectivity index is 2.13. The van der Waals surface area contributed by atoms with Gasteiger partial charge in [0.15, 0.2) is 0 Å². The van der Waals surface area contributed by atoms with E-state index in [0.29, 0.717) is 6.61 Å². The summed E-state index contributed by atoms with van der Waals surface area (Å²) in [5.74, 6) is 0.942. The fourth-order valence-electron chi connectivity index (χ4n) is 1.79. The molecule has 0 aliphatic rings. The predicted octanol–water partition coefficient (Wildman–Crippen LogP) is 4.35. The smallest absolute Gasteiger partial charge is 0.130 e. The van der Waals surface area contributed by atoms with Crippen LogP contribution in [0.3, 0.4) is 0 Å². The Morgan fingerprint density at radius 3 is 2.61 bits per heavy atom. The summed E-state index contributed by atoms with van der Waals surface area (Å²) in [7, 11) is 0. The summed E-state index contributed by atoms with van der Waals surface area (Å²) in [6.45, 7) is 6.76. The van der Waals surface area contributed by atoms with E-state index in [1.54, 1.807) is 6.20 Å². The summed E-state index contributed by atoms with van der Waals surface area (Å²) in [4.78, 5) is 4.30. The quantitative estimate of drug-likeness (QED) is 0.841. The van der Waals surface area contributed by atoms with E-state index >= 15 is 0 Å². The van der Waals surface area contributed by atoms with Crippen LogP contribution in [0.5, 0.6) is 5.75 Å². The number of hydrogen-bond donors (Lipinski definition) is 0. The Bertz CT molecular complexity index is 549. The highest BCUT2D eigenvalue weighted by Gasteiger charge is 2.04. The molecule has 1 heterocycles. The normalized spacial score (nSPS) is 10.4. The summed E-state index contributed by atoms with van der Waals surface area (Å²) >= 11 is 3.37. The highest BCUT2D eigenvalue weighted by molar-refractivity contribution is 9.10. The molecule has 0 saturated carbocycles. The van der Waals surface area contributed by atoms with E-state index < -0.39 is 0 Å². The SMILES string of the molecule is Cc1cc(C)c(C)c(OCc2ccc(Br)cn2)c1. The average molecular weight is 306 g/mol. The maximum absolute atomic E-state index is 5.85. The summed E-state index contributed by atoms with van der Waals surface area (Å²) < 4.78 is 6.83. The molecule has 94 valence electrons. The van der Waals surface area contributed by atoms with Crippen LogP contribution in [-0.4, -0.2) is 4.98 Å². The largest absolute Gasteiger partial charge is 0.487 e. The third-order valence-electron chi connectivity index (χ3n) is 2.93. The van der Waals surface area contributed by atoms with Gasteiger partial charge in [-0.05, 0) is 71.6 Å². The summed E-state index contributed by atoms with van der Waals surface area (Å²) in [6.07, 6.45) is 1.78. The lowest BCUT2D eigenvalue weighted by molar-refractivity contribution is 0.299. The van der Waals surface area contributed by atoms with E-state index in [-0.39, 0.29) is 0 Å². The number of pyridine rings is 1. The summed E-state index contributed by atoms with van der Waals surface area (Å²) in [5.41, 5.74) is 4.60. The van der Waals surface area contributed by atoms with Crippen LogP contribution in [0.4, 0.5) is 0 Å². The monoisotopic (exact) mass is 305 g/mol. The molecular formula is C15H16BrNO. The van der Waals surface area contributed by atoms with Crippen LogP contribution in [0, 0.1) is 20.8 Å². The summed E-state index contributed by atoms with van der Waals surface area (Å²) in [5, 5.41) is 0. The first-order valence-electron chi connectivity index (χ1n) is 5.87. The third-order valence-corrected chi connectivity index (χ3v) is 3.40. The van der Waals surface area contributed by atoms with Gasteiger partial charge in [0.1, 0.15) is 12.4 Å². The molecule has 0 spiro atoms. The van der Waals surface area contributed by atoms with Crippen molar-refractivity contribution in [2.75, 3.05) is 0 Å². The number of hydrogen-bond acceptors (Lipinski definition) is 2. The molecule has 1 aromatic carbocycles. The zero-order valence-electron chi connectivity index (χ0n) is 10.8. The number of aromatic nitrogens is 1. The number of ether oxygens (including phenoxy) is 1. The molecule has 0 radical (unpaired) electrons. The van der Waals surface area contributed by atoms with Gasteiger partial charge in [-0.15, -0.1) is 0 Å². The van der Waals surface area contributed by atoms with E-state index in [0.717, 1.165) is 15.9 Å². The van der Waals surface area contributed by atoms with E-state index in [2.05, 4.69) is 53.8 Å². The topological polar surface area (TPSA) is 22.1 Å². The first-order chi connectivity index (χ1) is 8.56. The van der Waals surface area contributed by atoms with Crippen molar-refractivity contribution in [2.24, 2.45) is 0 Å². The van der Waals surface area contributed by atoms with Crippen molar-refractivity contribution < 1.29 is 4.74 Å². The molecule has 0 aliphatic heterocycles. The first kappa shape index (κ1) is 13.1. The van der Waals surface area contributed by atoms with E-state index in [9.17, 15) is 0 Å². The van der Waals surface area contributed by atoms with Crippen molar-refractivity contribution in [1.82, 2.24) is 4.98 Å². The molecule has 0 unspecified atom stereocenters. The molecule has 0 bridgehead atoms. The number of aryl methyl sites for hydroxylation is 2. The van der Waals surface area contributed by atoms with Gasteiger partial charge in [0.25, 0.3) is 0 Å². The second-order valence-corrected chi connectivity index (χ2v) is 5.38.